The summed E-state index contributed by atoms with van der Waals surface area (Å²) in [6, 6.07) is 1.91. The Morgan fingerprint density at radius 2 is 2.16 bits per heavy atom. The van der Waals surface area contributed by atoms with Crippen LogP contribution in [0.25, 0.3) is 0 Å². The third kappa shape index (κ3) is 4.21. The quantitative estimate of drug-likeness (QED) is 0.824. The molecular formula is C18H24N2O4S. The zero-order valence-corrected chi connectivity index (χ0v) is 15.3. The molecule has 6 nitrogen and oxygen atoms in total. The Hall–Kier alpha value is -1.89. The molecule has 2 amide bonds. The number of nitrogens with zero attached hydrogens (tertiary/aromatic N) is 1. The van der Waals surface area contributed by atoms with Crippen molar-refractivity contribution in [1.29, 1.82) is 0 Å². The number of ether oxygens (including phenoxy) is 1. The maximum Gasteiger partial charge on any atom is 0.348 e. The molecule has 0 saturated carbocycles. The monoisotopic (exact) mass is 364 g/mol. The summed E-state index contributed by atoms with van der Waals surface area (Å²) in [5.41, 5.74) is 6.56. The van der Waals surface area contributed by atoms with E-state index < -0.39 is 5.97 Å². The highest BCUT2D eigenvalue weighted by Gasteiger charge is 2.28. The molecule has 1 fully saturated rings. The molecule has 7 heteroatoms. The standard InChI is InChI=1S/C18H24N2O4S/c1-11-4-5-14-13(7-11)8-15(25-14)18(23)24-10-16(21)20-6-2-3-12(9-20)17(19)22/h8,11-12H,2-7,9-10H2,1H3,(H2,19,22)/t11-,12+/m0/s1. The Morgan fingerprint density at radius 3 is 2.92 bits per heavy atom. The number of carbonyl (C=O) groups is 3. The van der Waals surface area contributed by atoms with Crippen LogP contribution in [0.2, 0.25) is 0 Å². The van der Waals surface area contributed by atoms with Crippen LogP contribution in [0.1, 0.15) is 46.3 Å². The Kier molecular flexibility index (Phi) is 5.42. The number of primary amides is 1. The van der Waals surface area contributed by atoms with E-state index in [4.69, 9.17) is 10.5 Å². The molecule has 1 aliphatic heterocycles. The molecule has 1 aliphatic carbocycles. The van der Waals surface area contributed by atoms with Crippen LogP contribution in [0.15, 0.2) is 6.07 Å². The van der Waals surface area contributed by atoms with Crippen molar-refractivity contribution in [1.82, 2.24) is 4.90 Å². The number of hydrogen-bond acceptors (Lipinski definition) is 5. The van der Waals surface area contributed by atoms with Gasteiger partial charge < -0.3 is 15.4 Å². The van der Waals surface area contributed by atoms with Crippen molar-refractivity contribution in [3.05, 3.63) is 21.4 Å². The van der Waals surface area contributed by atoms with Gasteiger partial charge in [0, 0.05) is 18.0 Å². The minimum Gasteiger partial charge on any atom is -0.451 e. The van der Waals surface area contributed by atoms with E-state index in [9.17, 15) is 14.4 Å². The van der Waals surface area contributed by atoms with Crippen molar-refractivity contribution >= 4 is 29.1 Å². The van der Waals surface area contributed by atoms with E-state index in [1.54, 1.807) is 4.90 Å². The highest BCUT2D eigenvalue weighted by molar-refractivity contribution is 7.14. The first kappa shape index (κ1) is 17.9. The fourth-order valence-electron chi connectivity index (χ4n) is 3.53. The number of likely N-dealkylation sites (tertiary alicyclic amines) is 1. The molecule has 0 radical (unpaired) electrons. The maximum atomic E-state index is 12.2. The Labute approximate surface area is 151 Å². The van der Waals surface area contributed by atoms with E-state index in [-0.39, 0.29) is 24.3 Å². The number of piperidine rings is 1. The fraction of sp³-hybridized carbons (Fsp3) is 0.611. The van der Waals surface area contributed by atoms with E-state index >= 15 is 0 Å². The summed E-state index contributed by atoms with van der Waals surface area (Å²) in [5.74, 6) is -0.754. The van der Waals surface area contributed by atoms with Gasteiger partial charge in [-0.25, -0.2) is 4.79 Å². The second-order valence-electron chi connectivity index (χ2n) is 7.06. The molecule has 0 bridgehead atoms. The third-order valence-electron chi connectivity index (χ3n) is 5.03. The van der Waals surface area contributed by atoms with Gasteiger partial charge in [0.1, 0.15) is 4.88 Å². The molecule has 2 atom stereocenters. The van der Waals surface area contributed by atoms with Crippen LogP contribution in [-0.2, 0) is 27.2 Å². The van der Waals surface area contributed by atoms with E-state index in [1.165, 1.54) is 21.8 Å². The number of rotatable bonds is 4. The van der Waals surface area contributed by atoms with Crippen LogP contribution in [0.5, 0.6) is 0 Å². The smallest absolute Gasteiger partial charge is 0.348 e. The lowest BCUT2D eigenvalue weighted by Crippen LogP contribution is -2.45. The van der Waals surface area contributed by atoms with Crippen LogP contribution in [0.3, 0.4) is 0 Å². The largest absolute Gasteiger partial charge is 0.451 e. The summed E-state index contributed by atoms with van der Waals surface area (Å²) < 4.78 is 5.21. The minimum absolute atomic E-state index is 0.269. The summed E-state index contributed by atoms with van der Waals surface area (Å²) in [6.45, 7) is 2.82. The number of carbonyl (C=O) groups excluding carboxylic acids is 3. The van der Waals surface area contributed by atoms with Gasteiger partial charge in [0.15, 0.2) is 6.61 Å². The maximum absolute atomic E-state index is 12.2. The van der Waals surface area contributed by atoms with Gasteiger partial charge in [-0.05, 0) is 49.7 Å². The highest BCUT2D eigenvalue weighted by atomic mass is 32.1. The van der Waals surface area contributed by atoms with Crippen LogP contribution in [0.4, 0.5) is 0 Å². The molecule has 0 aromatic carbocycles. The summed E-state index contributed by atoms with van der Waals surface area (Å²) in [4.78, 5) is 39.2. The van der Waals surface area contributed by atoms with Gasteiger partial charge in [-0.1, -0.05) is 6.92 Å². The number of amides is 2. The first-order valence-electron chi connectivity index (χ1n) is 8.80. The predicted molar refractivity (Wildman–Crippen MR) is 94.3 cm³/mol. The second kappa shape index (κ2) is 7.56. The molecule has 2 aliphatic rings. The molecule has 3 rings (SSSR count). The van der Waals surface area contributed by atoms with Gasteiger partial charge in [0.05, 0.1) is 5.92 Å². The molecule has 136 valence electrons. The number of fused-ring (bicyclic) bond motifs is 1. The van der Waals surface area contributed by atoms with Crippen molar-refractivity contribution in [2.75, 3.05) is 19.7 Å². The SMILES string of the molecule is C[C@H]1CCc2sc(C(=O)OCC(=O)N3CCC[C@@H](C(N)=O)C3)cc2C1. The zero-order valence-electron chi connectivity index (χ0n) is 14.5. The van der Waals surface area contributed by atoms with Crippen LogP contribution in [0, 0.1) is 11.8 Å². The molecule has 1 aromatic heterocycles. The molecular weight excluding hydrogens is 340 g/mol. The Balaban J connectivity index is 1.53. The normalized spacial score (nSPS) is 23.0. The van der Waals surface area contributed by atoms with Crippen molar-refractivity contribution in [3.63, 3.8) is 0 Å². The lowest BCUT2D eigenvalue weighted by atomic mass is 9.90. The van der Waals surface area contributed by atoms with Gasteiger partial charge in [0.25, 0.3) is 5.91 Å². The van der Waals surface area contributed by atoms with Crippen molar-refractivity contribution in [2.24, 2.45) is 17.6 Å². The predicted octanol–water partition coefficient (Wildman–Crippen LogP) is 1.75. The third-order valence-corrected chi connectivity index (χ3v) is 6.25. The number of thiophene rings is 1. The van der Waals surface area contributed by atoms with E-state index in [0.29, 0.717) is 30.3 Å². The van der Waals surface area contributed by atoms with Gasteiger partial charge in [-0.15, -0.1) is 11.3 Å². The summed E-state index contributed by atoms with van der Waals surface area (Å²) in [5, 5.41) is 0. The van der Waals surface area contributed by atoms with Crippen molar-refractivity contribution < 1.29 is 19.1 Å². The van der Waals surface area contributed by atoms with E-state index in [0.717, 1.165) is 25.7 Å². The Morgan fingerprint density at radius 1 is 1.36 bits per heavy atom. The van der Waals surface area contributed by atoms with E-state index in [2.05, 4.69) is 6.92 Å². The van der Waals surface area contributed by atoms with Crippen molar-refractivity contribution in [3.8, 4) is 0 Å². The lowest BCUT2D eigenvalue weighted by molar-refractivity contribution is -0.137. The van der Waals surface area contributed by atoms with Crippen molar-refractivity contribution in [2.45, 2.75) is 39.0 Å². The number of nitrogens with two attached hydrogens (primary N) is 1. The molecule has 0 unspecified atom stereocenters. The Bertz CT molecular complexity index is 685. The molecule has 25 heavy (non-hydrogen) atoms. The van der Waals surface area contributed by atoms with Crippen LogP contribution >= 0.6 is 11.3 Å². The highest BCUT2D eigenvalue weighted by Crippen LogP contribution is 2.32. The van der Waals surface area contributed by atoms with Gasteiger partial charge in [-0.2, -0.15) is 0 Å². The summed E-state index contributed by atoms with van der Waals surface area (Å²) >= 11 is 1.48. The van der Waals surface area contributed by atoms with Gasteiger partial charge >= 0.3 is 5.97 Å². The number of esters is 1. The number of hydrogen-bond donors (Lipinski definition) is 1. The van der Waals surface area contributed by atoms with Crippen LogP contribution in [-0.4, -0.2) is 42.4 Å². The zero-order chi connectivity index (χ0) is 18.0. The molecule has 2 heterocycles. The lowest BCUT2D eigenvalue weighted by Gasteiger charge is -2.30. The fourth-order valence-corrected chi connectivity index (χ4v) is 4.63. The first-order valence-corrected chi connectivity index (χ1v) is 9.61. The molecule has 1 aromatic rings. The van der Waals surface area contributed by atoms with Gasteiger partial charge in [-0.3, -0.25) is 9.59 Å². The topological polar surface area (TPSA) is 89.7 Å². The minimum atomic E-state index is -0.441. The molecule has 0 spiro atoms. The molecule has 1 saturated heterocycles. The van der Waals surface area contributed by atoms with E-state index in [1.807, 2.05) is 6.07 Å². The summed E-state index contributed by atoms with van der Waals surface area (Å²) in [7, 11) is 0. The average molecular weight is 364 g/mol. The number of aryl methyl sites for hydroxylation is 1. The molecule has 2 N–H and O–H groups in total. The average Bonchev–Trinajstić information content (AvgIpc) is 3.02. The first-order chi connectivity index (χ1) is 11.9. The summed E-state index contributed by atoms with van der Waals surface area (Å²) in [6.07, 6.45) is 4.60. The van der Waals surface area contributed by atoms with Crippen LogP contribution < -0.4 is 5.73 Å². The second-order valence-corrected chi connectivity index (χ2v) is 8.20. The van der Waals surface area contributed by atoms with Gasteiger partial charge in [0.2, 0.25) is 5.91 Å².